The molecule has 0 aliphatic carbocycles. The van der Waals surface area contributed by atoms with Crippen molar-refractivity contribution in [3.63, 3.8) is 0 Å². The van der Waals surface area contributed by atoms with Crippen molar-refractivity contribution in [3.8, 4) is 11.5 Å². The fourth-order valence-electron chi connectivity index (χ4n) is 1.43. The molecule has 4 nitrogen and oxygen atoms in total. The lowest BCUT2D eigenvalue weighted by Gasteiger charge is -2.15. The maximum atomic E-state index is 9.62. The van der Waals surface area contributed by atoms with E-state index in [1.54, 1.807) is 12.1 Å². The van der Waals surface area contributed by atoms with Crippen LogP contribution < -0.4 is 10.1 Å². The van der Waals surface area contributed by atoms with Gasteiger partial charge in [-0.05, 0) is 23.6 Å². The minimum atomic E-state index is -0.339. The summed E-state index contributed by atoms with van der Waals surface area (Å²) in [4.78, 5) is 0. The second kappa shape index (κ2) is 6.47. The van der Waals surface area contributed by atoms with Gasteiger partial charge in [0.05, 0.1) is 13.2 Å². The van der Waals surface area contributed by atoms with Crippen LogP contribution in [-0.2, 0) is 6.54 Å². The Kier molecular flexibility index (Phi) is 5.25. The van der Waals surface area contributed by atoms with Crippen LogP contribution in [0.15, 0.2) is 18.2 Å². The minimum absolute atomic E-state index is 0.137. The topological polar surface area (TPSA) is 61.7 Å². The maximum absolute atomic E-state index is 9.62. The average molecular weight is 239 g/mol. The van der Waals surface area contributed by atoms with Gasteiger partial charge in [-0.15, -0.1) is 0 Å². The number of benzene rings is 1. The second-order valence-corrected chi connectivity index (χ2v) is 4.45. The molecule has 1 rings (SSSR count). The van der Waals surface area contributed by atoms with E-state index < -0.39 is 0 Å². The predicted octanol–water partition coefficient (Wildman–Crippen LogP) is 1.51. The van der Waals surface area contributed by atoms with Gasteiger partial charge in [0.2, 0.25) is 0 Å². The number of methoxy groups -OCH3 is 1. The number of hydrogen-bond donors (Lipinski definition) is 3. The van der Waals surface area contributed by atoms with E-state index in [1.807, 2.05) is 19.9 Å². The zero-order valence-corrected chi connectivity index (χ0v) is 10.6. The Balaban J connectivity index is 2.47. The van der Waals surface area contributed by atoms with Crippen molar-refractivity contribution < 1.29 is 14.9 Å². The highest BCUT2D eigenvalue weighted by Gasteiger charge is 2.08. The number of ether oxygens (including phenoxy) is 1. The van der Waals surface area contributed by atoms with Crippen LogP contribution in [0.25, 0.3) is 0 Å². The summed E-state index contributed by atoms with van der Waals surface area (Å²) in [6.07, 6.45) is -0.339. The molecule has 17 heavy (non-hydrogen) atoms. The first-order valence-corrected chi connectivity index (χ1v) is 5.79. The van der Waals surface area contributed by atoms with E-state index in [-0.39, 0.29) is 17.8 Å². The molecule has 0 fully saturated rings. The van der Waals surface area contributed by atoms with Crippen LogP contribution in [0, 0.1) is 5.92 Å². The van der Waals surface area contributed by atoms with Crippen molar-refractivity contribution in [1.29, 1.82) is 0 Å². The van der Waals surface area contributed by atoms with Gasteiger partial charge in [0.25, 0.3) is 0 Å². The highest BCUT2D eigenvalue weighted by Crippen LogP contribution is 2.26. The molecule has 0 aliphatic rings. The lowest BCUT2D eigenvalue weighted by molar-refractivity contribution is 0.123. The summed E-state index contributed by atoms with van der Waals surface area (Å²) in [5, 5.41) is 22.2. The van der Waals surface area contributed by atoms with Crippen LogP contribution in [0.3, 0.4) is 0 Å². The van der Waals surface area contributed by atoms with Gasteiger partial charge < -0.3 is 20.3 Å². The summed E-state index contributed by atoms with van der Waals surface area (Å²) in [5.41, 5.74) is 1.01. The number of aromatic hydroxyl groups is 1. The van der Waals surface area contributed by atoms with Crippen LogP contribution in [0.2, 0.25) is 0 Å². The molecule has 1 aromatic rings. The van der Waals surface area contributed by atoms with Crippen LogP contribution in [-0.4, -0.2) is 30.0 Å². The molecule has 0 amide bonds. The number of phenols is 1. The smallest absolute Gasteiger partial charge is 0.160 e. The molecule has 0 saturated carbocycles. The number of hydrogen-bond acceptors (Lipinski definition) is 4. The summed E-state index contributed by atoms with van der Waals surface area (Å²) in [7, 11) is 1.52. The van der Waals surface area contributed by atoms with Gasteiger partial charge in [-0.1, -0.05) is 19.9 Å². The van der Waals surface area contributed by atoms with E-state index >= 15 is 0 Å². The lowest BCUT2D eigenvalue weighted by Crippen LogP contribution is -2.30. The summed E-state index contributed by atoms with van der Waals surface area (Å²) < 4.78 is 5.02. The Morgan fingerprint density at radius 2 is 2.06 bits per heavy atom. The molecule has 0 bridgehead atoms. The Morgan fingerprint density at radius 3 is 2.65 bits per heavy atom. The molecule has 0 aromatic heterocycles. The molecule has 96 valence electrons. The van der Waals surface area contributed by atoms with Crippen molar-refractivity contribution in [2.45, 2.75) is 26.5 Å². The summed E-state index contributed by atoms with van der Waals surface area (Å²) in [6, 6.07) is 5.21. The Bertz CT molecular complexity index is 353. The van der Waals surface area contributed by atoms with E-state index in [9.17, 15) is 10.2 Å². The largest absolute Gasteiger partial charge is 0.504 e. The van der Waals surface area contributed by atoms with Crippen molar-refractivity contribution >= 4 is 0 Å². The zero-order valence-electron chi connectivity index (χ0n) is 10.6. The van der Waals surface area contributed by atoms with Crippen molar-refractivity contribution in [1.82, 2.24) is 5.32 Å². The number of phenolic OH excluding ortho intramolecular Hbond substituents is 1. The quantitative estimate of drug-likeness (QED) is 0.704. The SMILES string of the molecule is COc1cc(CNCC(O)C(C)C)ccc1O. The number of nitrogens with one attached hydrogen (secondary N) is 1. The van der Waals surface area contributed by atoms with E-state index in [0.717, 1.165) is 5.56 Å². The highest BCUT2D eigenvalue weighted by molar-refractivity contribution is 5.41. The third kappa shape index (κ3) is 4.24. The van der Waals surface area contributed by atoms with Crippen LogP contribution in [0.4, 0.5) is 0 Å². The van der Waals surface area contributed by atoms with Crippen LogP contribution in [0.1, 0.15) is 19.4 Å². The number of rotatable bonds is 6. The van der Waals surface area contributed by atoms with Gasteiger partial charge in [-0.25, -0.2) is 0 Å². The normalized spacial score (nSPS) is 12.8. The molecule has 1 atom stereocenters. The molecule has 0 aliphatic heterocycles. The van der Waals surface area contributed by atoms with Gasteiger partial charge in [0.1, 0.15) is 0 Å². The first-order chi connectivity index (χ1) is 8.04. The van der Waals surface area contributed by atoms with E-state index in [1.165, 1.54) is 7.11 Å². The lowest BCUT2D eigenvalue weighted by atomic mass is 10.1. The standard InChI is InChI=1S/C13H21NO3/c1-9(2)12(16)8-14-7-10-4-5-11(15)13(6-10)17-3/h4-6,9,12,14-16H,7-8H2,1-3H3. The van der Waals surface area contributed by atoms with Crippen molar-refractivity contribution in [3.05, 3.63) is 23.8 Å². The van der Waals surface area contributed by atoms with E-state index in [2.05, 4.69) is 5.32 Å². The Labute approximate surface area is 102 Å². The molecule has 4 heteroatoms. The predicted molar refractivity (Wildman–Crippen MR) is 67.2 cm³/mol. The van der Waals surface area contributed by atoms with Gasteiger partial charge in [0.15, 0.2) is 11.5 Å². The molecule has 1 unspecified atom stereocenters. The van der Waals surface area contributed by atoms with Crippen molar-refractivity contribution in [2.24, 2.45) is 5.92 Å². The monoisotopic (exact) mass is 239 g/mol. The molecule has 0 heterocycles. The van der Waals surface area contributed by atoms with E-state index in [0.29, 0.717) is 18.8 Å². The summed E-state index contributed by atoms with van der Waals surface area (Å²) in [6.45, 7) is 5.16. The first-order valence-electron chi connectivity index (χ1n) is 5.79. The third-order valence-corrected chi connectivity index (χ3v) is 2.70. The second-order valence-electron chi connectivity index (χ2n) is 4.45. The van der Waals surface area contributed by atoms with Crippen LogP contribution in [0.5, 0.6) is 11.5 Å². The van der Waals surface area contributed by atoms with Gasteiger partial charge >= 0.3 is 0 Å². The summed E-state index contributed by atoms with van der Waals surface area (Å²) in [5.74, 6) is 0.851. The van der Waals surface area contributed by atoms with Crippen LogP contribution >= 0.6 is 0 Å². The molecule has 3 N–H and O–H groups in total. The Hall–Kier alpha value is -1.26. The molecular formula is C13H21NO3. The average Bonchev–Trinajstić information content (AvgIpc) is 2.31. The first kappa shape index (κ1) is 13.8. The number of aliphatic hydroxyl groups excluding tert-OH is 1. The fraction of sp³-hybridized carbons (Fsp3) is 0.538. The zero-order chi connectivity index (χ0) is 12.8. The molecule has 1 aromatic carbocycles. The Morgan fingerprint density at radius 1 is 1.35 bits per heavy atom. The van der Waals surface area contributed by atoms with Crippen molar-refractivity contribution in [2.75, 3.05) is 13.7 Å². The molecule has 0 spiro atoms. The van der Waals surface area contributed by atoms with Gasteiger partial charge in [-0.3, -0.25) is 0 Å². The van der Waals surface area contributed by atoms with Gasteiger partial charge in [0, 0.05) is 13.1 Å². The number of aliphatic hydroxyl groups is 1. The fourth-order valence-corrected chi connectivity index (χ4v) is 1.43. The maximum Gasteiger partial charge on any atom is 0.160 e. The van der Waals surface area contributed by atoms with Gasteiger partial charge in [-0.2, -0.15) is 0 Å². The van der Waals surface area contributed by atoms with E-state index in [4.69, 9.17) is 4.74 Å². The molecule has 0 radical (unpaired) electrons. The minimum Gasteiger partial charge on any atom is -0.504 e. The summed E-state index contributed by atoms with van der Waals surface area (Å²) >= 11 is 0. The molecule has 0 saturated heterocycles. The third-order valence-electron chi connectivity index (χ3n) is 2.70. The highest BCUT2D eigenvalue weighted by atomic mass is 16.5. The molecular weight excluding hydrogens is 218 g/mol.